The third-order valence-corrected chi connectivity index (χ3v) is 20.9. The van der Waals surface area contributed by atoms with Crippen LogP contribution in [0.25, 0.3) is 0 Å². The fourth-order valence-corrected chi connectivity index (χ4v) is 13.5. The first kappa shape index (κ1) is 108. The summed E-state index contributed by atoms with van der Waals surface area (Å²) in [5.74, 6) is 0. The maximum Gasteiger partial charge on any atom is 0.210 e. The second kappa shape index (κ2) is 96.1. The van der Waals surface area contributed by atoms with Gasteiger partial charge in [0.15, 0.2) is 0 Å². The van der Waals surface area contributed by atoms with E-state index in [2.05, 4.69) is 84.7 Å². The third kappa shape index (κ3) is 86.4. The normalized spacial score (nSPS) is 13.4. The van der Waals surface area contributed by atoms with Crippen LogP contribution in [-0.4, -0.2) is 109 Å². The molecule has 4 N–H and O–H groups in total. The summed E-state index contributed by atoms with van der Waals surface area (Å²) in [5, 5.41) is 31.1. The molecule has 0 aliphatic carbocycles. The van der Waals surface area contributed by atoms with E-state index >= 15 is 0 Å². The molecule has 7 nitrogen and oxygen atoms in total. The van der Waals surface area contributed by atoms with E-state index in [0.717, 1.165) is 34.9 Å². The van der Waals surface area contributed by atoms with E-state index in [9.17, 15) is 10.2 Å². The summed E-state index contributed by atoms with van der Waals surface area (Å²) in [6, 6.07) is 1.98. The zero-order chi connectivity index (χ0) is 68.6. The van der Waals surface area contributed by atoms with E-state index in [0.29, 0.717) is 44.6 Å². The molecule has 0 saturated heterocycles. The van der Waals surface area contributed by atoms with Gasteiger partial charge >= 0.3 is 0 Å². The van der Waals surface area contributed by atoms with Crippen molar-refractivity contribution in [3.63, 3.8) is 0 Å². The molecule has 0 bridgehead atoms. The molecule has 4 unspecified atom stereocenters. The first-order chi connectivity index (χ1) is 45.0. The largest absolute Gasteiger partial charge is 1.00 e. The van der Waals surface area contributed by atoms with Gasteiger partial charge in [-0.05, 0) is 111 Å². The van der Waals surface area contributed by atoms with Gasteiger partial charge in [-0.1, -0.05) is 370 Å². The van der Waals surface area contributed by atoms with Crippen LogP contribution in [0.2, 0.25) is 0 Å². The van der Waals surface area contributed by atoms with E-state index in [4.69, 9.17) is 6.69 Å². The molecule has 9 heteroatoms. The van der Waals surface area contributed by atoms with Crippen molar-refractivity contribution in [1.82, 2.24) is 0 Å². The molecular weight excluding hydrogens is 1210 g/mol. The Morgan fingerprint density at radius 2 is 0.547 bits per heavy atom. The van der Waals surface area contributed by atoms with Gasteiger partial charge in [0, 0.05) is 6.61 Å². The summed E-state index contributed by atoms with van der Waals surface area (Å²) in [6.45, 7) is 25.2. The SMILES string of the molecule is C.C.CCCCCCCC/C=C/CCCCCCCC[N+](C)(CCO)C(C)CCCCCCCCCCCCCCCC.CCCCCCCCCCCCCCCCC(C)[N+](C)(CCO)C(C)CCCCCCCCCCCCCCCC.CCCOO.[2H]OCCC.[Cl-].[Cl-]. The van der Waals surface area contributed by atoms with Gasteiger partial charge in [0.1, 0.15) is 13.1 Å². The number of nitrogens with zero attached hydrogens (tertiary/aromatic N) is 2. The van der Waals surface area contributed by atoms with E-state index in [1.165, 1.54) is 385 Å². The van der Waals surface area contributed by atoms with Crippen molar-refractivity contribution in [3.8, 4) is 0 Å². The molecule has 4 atom stereocenters. The Hall–Kier alpha value is 0.0400. The maximum absolute atomic E-state index is 9.87. The Morgan fingerprint density at radius 3 is 0.758 bits per heavy atom. The monoisotopic (exact) mass is 1400 g/mol. The van der Waals surface area contributed by atoms with Crippen molar-refractivity contribution in [2.45, 2.75) is 487 Å². The van der Waals surface area contributed by atoms with E-state index in [1.54, 1.807) is 0 Å². The Balaban J connectivity index is -0.000000226. The molecule has 0 heterocycles. The standard InChI is InChI=1S/C39H82NO.C39H80NO.C3H8O2.C3H8O.2CH4.2ClH/c1-6-8-10-12-14-16-18-20-22-24-26-28-30-32-34-38(3)40(5,36-37-41)39(4)35-33-31-29-27-25-23-21-19-17-15-13-11-9-7-2;1-5-7-9-11-13-15-17-19-21-22-24-26-28-30-32-34-36-40(4,37-38-41)39(3)35-33-31-29-27-25-23-20-18-16-14-12-10-8-6-2;1-2-3-5-4;1-2-3-4;;;;/h38-39,41H,6-37H2,1-5H3;19,21,39,41H,5-18,20,22-38H2,1-4H3;4H,2-3H2,1H3;4H,2-3H2,1H3;2*1H4;2*1H/q2*+1;;;;;;/p-2/b;21-19+;;;;;;/i;;;4D;;;;. The van der Waals surface area contributed by atoms with Gasteiger partial charge in [0.05, 0.1) is 58.6 Å². The molecule has 95 heavy (non-hydrogen) atoms. The number of hydrogen-bond acceptors (Lipinski definition) is 5. The summed E-state index contributed by atoms with van der Waals surface area (Å²) >= 11 is 0. The number of allylic oxidation sites excluding steroid dienone is 2. The lowest BCUT2D eigenvalue weighted by Gasteiger charge is -2.45. The summed E-state index contributed by atoms with van der Waals surface area (Å²) in [7, 11) is 4.83. The van der Waals surface area contributed by atoms with Gasteiger partial charge in [-0.3, -0.25) is 5.26 Å². The average Bonchev–Trinajstić information content (AvgIpc) is 0.896. The second-order valence-electron chi connectivity index (χ2n) is 29.6. The van der Waals surface area contributed by atoms with Crippen molar-refractivity contribution in [3.05, 3.63) is 12.2 Å². The third-order valence-electron chi connectivity index (χ3n) is 20.9. The highest BCUT2D eigenvalue weighted by Gasteiger charge is 2.34. The van der Waals surface area contributed by atoms with Crippen molar-refractivity contribution >= 4 is 0 Å². The Morgan fingerprint density at radius 1 is 0.305 bits per heavy atom. The molecule has 0 aromatic rings. The molecule has 0 amide bonds. The number of aliphatic hydroxyl groups excluding tert-OH is 3. The number of rotatable bonds is 72. The molecule has 0 spiro atoms. The minimum atomic E-state index is 0. The van der Waals surface area contributed by atoms with Gasteiger partial charge in [-0.25, -0.2) is 4.89 Å². The van der Waals surface area contributed by atoms with E-state index in [-0.39, 0.29) is 39.7 Å². The van der Waals surface area contributed by atoms with Crippen LogP contribution < -0.4 is 24.8 Å². The smallest absolute Gasteiger partial charge is 0.210 e. The number of halogens is 2. The fraction of sp³-hybridized carbons (Fsp3) is 0.977. The molecule has 0 fully saturated rings. The van der Waals surface area contributed by atoms with Crippen molar-refractivity contribution in [2.75, 3.05) is 60.2 Å². The predicted molar refractivity (Wildman–Crippen MR) is 423 cm³/mol. The van der Waals surface area contributed by atoms with Crippen LogP contribution in [0.5, 0.6) is 0 Å². The van der Waals surface area contributed by atoms with Crippen molar-refractivity contribution in [1.29, 1.82) is 1.43 Å². The molecule has 0 aromatic heterocycles. The Bertz CT molecular complexity index is 1270. The fourth-order valence-electron chi connectivity index (χ4n) is 13.5. The maximum atomic E-state index is 9.87. The van der Waals surface area contributed by atoms with Crippen molar-refractivity contribution < 1.29 is 59.2 Å². The Labute approximate surface area is 616 Å². The molecule has 0 aliphatic rings. The van der Waals surface area contributed by atoms with Crippen LogP contribution in [-0.2, 0) is 4.89 Å². The minimum Gasteiger partial charge on any atom is -1.00 e. The predicted octanol–water partition coefficient (Wildman–Crippen LogP) is 22.2. The molecule has 0 aliphatic heterocycles. The highest BCUT2D eigenvalue weighted by atomic mass is 35.5. The topological polar surface area (TPSA) is 90.2 Å². The average molecular weight is 1400 g/mol. The second-order valence-corrected chi connectivity index (χ2v) is 29.6. The van der Waals surface area contributed by atoms with E-state index < -0.39 is 0 Å². The van der Waals surface area contributed by atoms with Gasteiger partial charge in [0.2, 0.25) is 1.43 Å². The lowest BCUT2D eigenvalue weighted by molar-refractivity contribution is -0.953. The molecule has 0 saturated carbocycles. The van der Waals surface area contributed by atoms with Crippen molar-refractivity contribution in [2.24, 2.45) is 0 Å². The van der Waals surface area contributed by atoms with Gasteiger partial charge in [-0.15, -0.1) is 0 Å². The lowest BCUT2D eigenvalue weighted by Crippen LogP contribution is -3.00. The Kier molecular flexibility index (Phi) is 110. The molecule has 0 aromatic carbocycles. The van der Waals surface area contributed by atoms with Crippen LogP contribution in [0.3, 0.4) is 0 Å². The first-order valence-electron chi connectivity index (χ1n) is 42.3. The molecule has 0 radical (unpaired) electrons. The zero-order valence-electron chi connectivity index (χ0n) is 66.8. The summed E-state index contributed by atoms with van der Waals surface area (Å²) in [5.41, 5.74) is 0. The number of quaternary nitrogens is 2. The molecule has 0 rings (SSSR count). The first-order valence-corrected chi connectivity index (χ1v) is 41.9. The van der Waals surface area contributed by atoms with Crippen LogP contribution >= 0.6 is 0 Å². The molecular formula is C86H186Cl2N2O5. The number of aliphatic hydroxyl groups is 3. The minimum absolute atomic E-state index is 0. The summed E-state index contributed by atoms with van der Waals surface area (Å²) in [6.07, 6.45) is 90.0. The number of hydrogen-bond donors (Lipinski definition) is 4. The highest BCUT2D eigenvalue weighted by Crippen LogP contribution is 2.26. The number of likely N-dealkylation sites (N-methyl/N-ethyl adjacent to an activating group) is 2. The van der Waals surface area contributed by atoms with E-state index in [1.807, 2.05) is 13.8 Å². The van der Waals surface area contributed by atoms with Gasteiger partial charge in [-0.2, -0.15) is 0 Å². The van der Waals surface area contributed by atoms with Crippen LogP contribution in [0, 0.1) is 0 Å². The van der Waals surface area contributed by atoms with Gasteiger partial charge in [0.25, 0.3) is 0 Å². The van der Waals surface area contributed by atoms with Crippen LogP contribution in [0.1, 0.15) is 469 Å². The van der Waals surface area contributed by atoms with Gasteiger partial charge < -0.3 is 49.1 Å². The molecule has 584 valence electrons. The summed E-state index contributed by atoms with van der Waals surface area (Å²) in [4.78, 5) is 3.69. The zero-order valence-corrected chi connectivity index (χ0v) is 67.3. The summed E-state index contributed by atoms with van der Waals surface area (Å²) < 4.78 is 8.23. The highest BCUT2D eigenvalue weighted by molar-refractivity contribution is 4.81. The quantitative estimate of drug-likeness (QED) is 0.0160. The number of unbranched alkanes of at least 4 members (excludes halogenated alkanes) is 51. The van der Waals surface area contributed by atoms with Crippen LogP contribution in [0.15, 0.2) is 12.2 Å². The lowest BCUT2D eigenvalue weighted by atomic mass is 9.98. The van der Waals surface area contributed by atoms with Crippen LogP contribution in [0.4, 0.5) is 0 Å².